The highest BCUT2D eigenvalue weighted by atomic mass is 79.9. The van der Waals surface area contributed by atoms with Crippen molar-refractivity contribution in [3.05, 3.63) is 17.5 Å². The van der Waals surface area contributed by atoms with Gasteiger partial charge in [-0.2, -0.15) is 5.10 Å². The number of alkyl halides is 1. The van der Waals surface area contributed by atoms with E-state index in [1.165, 1.54) is 11.4 Å². The van der Waals surface area contributed by atoms with Crippen molar-refractivity contribution in [3.8, 4) is 0 Å². The van der Waals surface area contributed by atoms with Crippen molar-refractivity contribution < 1.29 is 4.74 Å². The first-order valence-electron chi connectivity index (χ1n) is 6.92. The van der Waals surface area contributed by atoms with Crippen molar-refractivity contribution in [2.45, 2.75) is 46.1 Å². The predicted molar refractivity (Wildman–Crippen MR) is 77.3 cm³/mol. The van der Waals surface area contributed by atoms with E-state index in [0.29, 0.717) is 5.41 Å². The zero-order chi connectivity index (χ0) is 13.0. The lowest BCUT2D eigenvalue weighted by atomic mass is 9.78. The first-order chi connectivity index (χ1) is 8.73. The van der Waals surface area contributed by atoms with Gasteiger partial charge in [-0.25, -0.2) is 0 Å². The molecule has 1 aliphatic heterocycles. The standard InChI is InChI=1S/C14H23BrN2O/c1-3-12-9-13(17(4-2)16-12)10-14(11-15)5-7-18-8-6-14/h9H,3-8,10-11H2,1-2H3. The summed E-state index contributed by atoms with van der Waals surface area (Å²) in [5, 5.41) is 5.70. The number of hydrogen-bond acceptors (Lipinski definition) is 2. The van der Waals surface area contributed by atoms with Crippen LogP contribution in [0.15, 0.2) is 6.07 Å². The molecule has 0 unspecified atom stereocenters. The molecule has 3 nitrogen and oxygen atoms in total. The molecule has 1 fully saturated rings. The minimum atomic E-state index is 0.357. The molecule has 102 valence electrons. The summed E-state index contributed by atoms with van der Waals surface area (Å²) < 4.78 is 7.67. The quantitative estimate of drug-likeness (QED) is 0.780. The minimum absolute atomic E-state index is 0.357. The zero-order valence-electron chi connectivity index (χ0n) is 11.4. The van der Waals surface area contributed by atoms with Crippen molar-refractivity contribution in [1.29, 1.82) is 0 Å². The molecule has 0 saturated carbocycles. The molecule has 1 aromatic rings. The number of hydrogen-bond donors (Lipinski definition) is 0. The fourth-order valence-electron chi connectivity index (χ4n) is 2.65. The Morgan fingerprint density at radius 1 is 1.39 bits per heavy atom. The maximum absolute atomic E-state index is 5.50. The van der Waals surface area contributed by atoms with E-state index in [1.807, 2.05) is 0 Å². The van der Waals surface area contributed by atoms with Crippen LogP contribution in [0.25, 0.3) is 0 Å². The number of ether oxygens (including phenoxy) is 1. The van der Waals surface area contributed by atoms with Gasteiger partial charge in [-0.1, -0.05) is 22.9 Å². The molecule has 1 aromatic heterocycles. The Labute approximate surface area is 118 Å². The molecule has 0 spiro atoms. The van der Waals surface area contributed by atoms with Crippen LogP contribution in [0.1, 0.15) is 38.1 Å². The Morgan fingerprint density at radius 3 is 2.67 bits per heavy atom. The van der Waals surface area contributed by atoms with E-state index in [1.54, 1.807) is 0 Å². The van der Waals surface area contributed by atoms with E-state index in [9.17, 15) is 0 Å². The van der Waals surface area contributed by atoms with Gasteiger partial charge in [0.05, 0.1) is 5.69 Å². The highest BCUT2D eigenvalue weighted by Crippen LogP contribution is 2.36. The molecule has 0 aliphatic carbocycles. The average molecular weight is 315 g/mol. The molecule has 0 atom stereocenters. The summed E-state index contributed by atoms with van der Waals surface area (Å²) in [4.78, 5) is 0. The van der Waals surface area contributed by atoms with E-state index >= 15 is 0 Å². The fourth-order valence-corrected chi connectivity index (χ4v) is 3.41. The van der Waals surface area contributed by atoms with Gasteiger partial charge in [0.1, 0.15) is 0 Å². The summed E-state index contributed by atoms with van der Waals surface area (Å²) in [6, 6.07) is 2.28. The minimum Gasteiger partial charge on any atom is -0.381 e. The molecule has 0 radical (unpaired) electrons. The predicted octanol–water partition coefficient (Wildman–Crippen LogP) is 3.20. The van der Waals surface area contributed by atoms with Gasteiger partial charge >= 0.3 is 0 Å². The topological polar surface area (TPSA) is 27.1 Å². The van der Waals surface area contributed by atoms with E-state index in [2.05, 4.69) is 45.6 Å². The summed E-state index contributed by atoms with van der Waals surface area (Å²) >= 11 is 3.71. The van der Waals surface area contributed by atoms with Crippen LogP contribution in [0.5, 0.6) is 0 Å². The Morgan fingerprint density at radius 2 is 2.11 bits per heavy atom. The van der Waals surface area contributed by atoms with Crippen LogP contribution in [-0.2, 0) is 24.1 Å². The number of aryl methyl sites for hydroxylation is 2. The van der Waals surface area contributed by atoms with Crippen molar-refractivity contribution in [1.82, 2.24) is 9.78 Å². The molecule has 4 heteroatoms. The highest BCUT2D eigenvalue weighted by molar-refractivity contribution is 9.09. The maximum atomic E-state index is 5.50. The van der Waals surface area contributed by atoms with E-state index in [0.717, 1.165) is 50.8 Å². The van der Waals surface area contributed by atoms with Gasteiger partial charge < -0.3 is 4.74 Å². The first-order valence-corrected chi connectivity index (χ1v) is 8.04. The fraction of sp³-hybridized carbons (Fsp3) is 0.786. The SMILES string of the molecule is CCc1cc(CC2(CBr)CCOCC2)n(CC)n1. The van der Waals surface area contributed by atoms with E-state index in [-0.39, 0.29) is 0 Å². The van der Waals surface area contributed by atoms with Crippen molar-refractivity contribution in [2.24, 2.45) is 5.41 Å². The zero-order valence-corrected chi connectivity index (χ0v) is 13.0. The first kappa shape index (κ1) is 14.1. The maximum Gasteiger partial charge on any atom is 0.0624 e. The highest BCUT2D eigenvalue weighted by Gasteiger charge is 2.32. The summed E-state index contributed by atoms with van der Waals surface area (Å²) in [7, 11) is 0. The third-order valence-electron chi connectivity index (χ3n) is 3.97. The van der Waals surface area contributed by atoms with Gasteiger partial charge in [-0.05, 0) is 44.1 Å². The van der Waals surface area contributed by atoms with Crippen LogP contribution in [0.3, 0.4) is 0 Å². The lowest BCUT2D eigenvalue weighted by Gasteiger charge is -2.35. The summed E-state index contributed by atoms with van der Waals surface area (Å²) in [6.45, 7) is 7.09. The second-order valence-corrected chi connectivity index (χ2v) is 5.78. The van der Waals surface area contributed by atoms with Gasteiger partial charge in [0.2, 0.25) is 0 Å². The molecule has 1 aliphatic rings. The summed E-state index contributed by atoms with van der Waals surface area (Å²) in [6.07, 6.45) is 4.43. The van der Waals surface area contributed by atoms with Crippen LogP contribution >= 0.6 is 15.9 Å². The van der Waals surface area contributed by atoms with Gasteiger partial charge in [0.25, 0.3) is 0 Å². The third kappa shape index (κ3) is 2.97. The van der Waals surface area contributed by atoms with Crippen LogP contribution in [0, 0.1) is 5.41 Å². The van der Waals surface area contributed by atoms with E-state index < -0.39 is 0 Å². The normalized spacial score (nSPS) is 19.1. The summed E-state index contributed by atoms with van der Waals surface area (Å²) in [5.74, 6) is 0. The van der Waals surface area contributed by atoms with Crippen molar-refractivity contribution in [3.63, 3.8) is 0 Å². The van der Waals surface area contributed by atoms with Crippen LogP contribution in [-0.4, -0.2) is 28.3 Å². The smallest absolute Gasteiger partial charge is 0.0624 e. The molecule has 2 heterocycles. The van der Waals surface area contributed by atoms with Crippen LogP contribution < -0.4 is 0 Å². The monoisotopic (exact) mass is 314 g/mol. The molecule has 0 bridgehead atoms. The van der Waals surface area contributed by atoms with Crippen LogP contribution in [0.4, 0.5) is 0 Å². The third-order valence-corrected chi connectivity index (χ3v) is 5.16. The molecule has 0 amide bonds. The Bertz CT molecular complexity index is 383. The molecule has 18 heavy (non-hydrogen) atoms. The molecular formula is C14H23BrN2O. The van der Waals surface area contributed by atoms with Gasteiger partial charge in [0.15, 0.2) is 0 Å². The largest absolute Gasteiger partial charge is 0.381 e. The van der Waals surface area contributed by atoms with Gasteiger partial charge in [-0.3, -0.25) is 4.68 Å². The second kappa shape index (κ2) is 6.20. The molecule has 0 N–H and O–H groups in total. The van der Waals surface area contributed by atoms with Gasteiger partial charge in [0, 0.05) is 30.8 Å². The lowest BCUT2D eigenvalue weighted by Crippen LogP contribution is -2.34. The average Bonchev–Trinajstić information content (AvgIpc) is 2.82. The molecule has 2 rings (SSSR count). The second-order valence-electron chi connectivity index (χ2n) is 5.22. The Kier molecular flexibility index (Phi) is 4.84. The van der Waals surface area contributed by atoms with E-state index in [4.69, 9.17) is 4.74 Å². The lowest BCUT2D eigenvalue weighted by molar-refractivity contribution is 0.0261. The van der Waals surface area contributed by atoms with Crippen LogP contribution in [0.2, 0.25) is 0 Å². The number of nitrogens with zero attached hydrogens (tertiary/aromatic N) is 2. The molecule has 1 saturated heterocycles. The Hall–Kier alpha value is -0.350. The van der Waals surface area contributed by atoms with Gasteiger partial charge in [-0.15, -0.1) is 0 Å². The van der Waals surface area contributed by atoms with Crippen molar-refractivity contribution in [2.75, 3.05) is 18.5 Å². The molecular weight excluding hydrogens is 292 g/mol. The summed E-state index contributed by atoms with van der Waals surface area (Å²) in [5.41, 5.74) is 2.95. The van der Waals surface area contributed by atoms with Crippen molar-refractivity contribution >= 4 is 15.9 Å². The number of aromatic nitrogens is 2. The number of rotatable bonds is 5. The number of halogens is 1. The Balaban J connectivity index is 2.17. The molecule has 0 aromatic carbocycles.